The van der Waals surface area contributed by atoms with Crippen LogP contribution < -0.4 is 5.73 Å². The van der Waals surface area contributed by atoms with Gasteiger partial charge in [-0.15, -0.1) is 11.3 Å². The lowest BCUT2D eigenvalue weighted by atomic mass is 10.1. The van der Waals surface area contributed by atoms with Crippen LogP contribution in [0.2, 0.25) is 0 Å². The van der Waals surface area contributed by atoms with E-state index in [0.717, 1.165) is 5.56 Å². The minimum atomic E-state index is -0.106. The molecule has 2 N–H and O–H groups in total. The molecule has 17 heavy (non-hydrogen) atoms. The van der Waals surface area contributed by atoms with Gasteiger partial charge in [0.05, 0.1) is 12.7 Å². The zero-order valence-corrected chi connectivity index (χ0v) is 10.6. The molecule has 3 nitrogen and oxygen atoms in total. The molecular formula is C13H16N2OS. The van der Waals surface area contributed by atoms with E-state index in [9.17, 15) is 0 Å². The fourth-order valence-electron chi connectivity index (χ4n) is 1.66. The summed E-state index contributed by atoms with van der Waals surface area (Å²) in [6, 6.07) is 7.92. The standard InChI is InChI=1S/C13H16N2OS/c1-10(14)13(11-4-2-6-15-8-11)16-9-12-5-3-7-17-12/h2-8,10,13H,9,14H2,1H3. The van der Waals surface area contributed by atoms with Crippen LogP contribution in [0.5, 0.6) is 0 Å². The van der Waals surface area contributed by atoms with E-state index >= 15 is 0 Å². The third kappa shape index (κ3) is 3.36. The molecular weight excluding hydrogens is 232 g/mol. The molecule has 0 aliphatic rings. The molecule has 2 unspecified atom stereocenters. The minimum absolute atomic E-state index is 0.0563. The van der Waals surface area contributed by atoms with E-state index < -0.39 is 0 Å². The molecule has 0 saturated carbocycles. The highest BCUT2D eigenvalue weighted by Crippen LogP contribution is 2.22. The molecule has 2 heterocycles. The Morgan fingerprint density at radius 3 is 2.88 bits per heavy atom. The third-order valence-electron chi connectivity index (χ3n) is 2.48. The molecule has 0 aliphatic heterocycles. The first-order chi connectivity index (χ1) is 8.27. The first-order valence-electron chi connectivity index (χ1n) is 5.57. The number of nitrogens with zero attached hydrogens (tertiary/aromatic N) is 1. The molecule has 2 atom stereocenters. The second-order valence-electron chi connectivity index (χ2n) is 3.96. The van der Waals surface area contributed by atoms with Crippen LogP contribution in [0.15, 0.2) is 42.0 Å². The molecule has 0 amide bonds. The summed E-state index contributed by atoms with van der Waals surface area (Å²) in [5.41, 5.74) is 6.99. The number of nitrogens with two attached hydrogens (primary N) is 1. The van der Waals surface area contributed by atoms with Crippen LogP contribution in [-0.4, -0.2) is 11.0 Å². The van der Waals surface area contributed by atoms with Gasteiger partial charge in [0.1, 0.15) is 0 Å². The first-order valence-corrected chi connectivity index (χ1v) is 6.45. The van der Waals surface area contributed by atoms with Crippen LogP contribution in [-0.2, 0) is 11.3 Å². The summed E-state index contributed by atoms with van der Waals surface area (Å²) in [5.74, 6) is 0. The minimum Gasteiger partial charge on any atom is -0.366 e. The van der Waals surface area contributed by atoms with Gasteiger partial charge in [0.2, 0.25) is 0 Å². The Balaban J connectivity index is 2.03. The molecule has 0 aliphatic carbocycles. The van der Waals surface area contributed by atoms with Crippen LogP contribution in [0.25, 0.3) is 0 Å². The molecule has 0 saturated heterocycles. The van der Waals surface area contributed by atoms with Crippen LogP contribution in [0.4, 0.5) is 0 Å². The Labute approximate surface area is 105 Å². The molecule has 0 bridgehead atoms. The number of aromatic nitrogens is 1. The molecule has 2 aromatic rings. The topological polar surface area (TPSA) is 48.1 Å². The second kappa shape index (κ2) is 5.91. The van der Waals surface area contributed by atoms with Crippen LogP contribution in [0.3, 0.4) is 0 Å². The highest BCUT2D eigenvalue weighted by Gasteiger charge is 2.17. The molecule has 90 valence electrons. The lowest BCUT2D eigenvalue weighted by molar-refractivity contribution is 0.0271. The van der Waals surface area contributed by atoms with Gasteiger partial charge >= 0.3 is 0 Å². The number of ether oxygens (including phenoxy) is 1. The predicted octanol–water partition coefficient (Wildman–Crippen LogP) is 2.75. The van der Waals surface area contributed by atoms with Crippen molar-refractivity contribution in [2.75, 3.05) is 0 Å². The molecule has 0 fully saturated rings. The average Bonchev–Trinajstić information content (AvgIpc) is 2.83. The summed E-state index contributed by atoms with van der Waals surface area (Å²) in [4.78, 5) is 5.31. The zero-order chi connectivity index (χ0) is 12.1. The van der Waals surface area contributed by atoms with E-state index in [0.29, 0.717) is 6.61 Å². The maximum atomic E-state index is 5.96. The van der Waals surface area contributed by atoms with E-state index in [4.69, 9.17) is 10.5 Å². The Morgan fingerprint density at radius 2 is 2.29 bits per heavy atom. The Kier molecular flexibility index (Phi) is 4.25. The van der Waals surface area contributed by atoms with Gasteiger partial charge in [0.25, 0.3) is 0 Å². The van der Waals surface area contributed by atoms with Crippen molar-refractivity contribution in [1.82, 2.24) is 4.98 Å². The average molecular weight is 248 g/mol. The summed E-state index contributed by atoms with van der Waals surface area (Å²) < 4.78 is 5.88. The van der Waals surface area contributed by atoms with Gasteiger partial charge in [-0.25, -0.2) is 0 Å². The van der Waals surface area contributed by atoms with Gasteiger partial charge in [-0.1, -0.05) is 12.1 Å². The van der Waals surface area contributed by atoms with Crippen molar-refractivity contribution >= 4 is 11.3 Å². The maximum Gasteiger partial charge on any atom is 0.0992 e. The van der Waals surface area contributed by atoms with Crippen molar-refractivity contribution in [3.05, 3.63) is 52.5 Å². The largest absolute Gasteiger partial charge is 0.366 e. The van der Waals surface area contributed by atoms with Gasteiger partial charge in [-0.3, -0.25) is 4.98 Å². The van der Waals surface area contributed by atoms with Crippen LogP contribution in [0.1, 0.15) is 23.5 Å². The van der Waals surface area contributed by atoms with E-state index in [1.54, 1.807) is 17.5 Å². The Hall–Kier alpha value is -1.23. The van der Waals surface area contributed by atoms with Crippen molar-refractivity contribution in [2.45, 2.75) is 25.7 Å². The first kappa shape index (κ1) is 12.2. The molecule has 4 heteroatoms. The lowest BCUT2D eigenvalue weighted by Crippen LogP contribution is -2.26. The number of rotatable bonds is 5. The second-order valence-corrected chi connectivity index (χ2v) is 4.99. The van der Waals surface area contributed by atoms with Crippen molar-refractivity contribution in [1.29, 1.82) is 0 Å². The van der Waals surface area contributed by atoms with E-state index in [1.807, 2.05) is 36.7 Å². The SMILES string of the molecule is CC(N)C(OCc1cccs1)c1cccnc1. The van der Waals surface area contributed by atoms with E-state index in [2.05, 4.69) is 11.1 Å². The third-order valence-corrected chi connectivity index (χ3v) is 3.33. The maximum absolute atomic E-state index is 5.96. The summed E-state index contributed by atoms with van der Waals surface area (Å²) >= 11 is 1.69. The molecule has 2 aromatic heterocycles. The quantitative estimate of drug-likeness (QED) is 0.885. The monoisotopic (exact) mass is 248 g/mol. The Morgan fingerprint density at radius 1 is 1.41 bits per heavy atom. The zero-order valence-electron chi connectivity index (χ0n) is 9.74. The van der Waals surface area contributed by atoms with Crippen molar-refractivity contribution in [2.24, 2.45) is 5.73 Å². The lowest BCUT2D eigenvalue weighted by Gasteiger charge is -2.21. The van der Waals surface area contributed by atoms with Crippen LogP contribution >= 0.6 is 11.3 Å². The van der Waals surface area contributed by atoms with Gasteiger partial charge in [0.15, 0.2) is 0 Å². The number of hydrogen-bond acceptors (Lipinski definition) is 4. The van der Waals surface area contributed by atoms with Crippen molar-refractivity contribution in [3.63, 3.8) is 0 Å². The molecule has 0 radical (unpaired) electrons. The predicted molar refractivity (Wildman–Crippen MR) is 69.7 cm³/mol. The summed E-state index contributed by atoms with van der Waals surface area (Å²) in [6.45, 7) is 2.55. The normalized spacial score (nSPS) is 14.5. The van der Waals surface area contributed by atoms with Gasteiger partial charge in [0, 0.05) is 28.9 Å². The van der Waals surface area contributed by atoms with Crippen molar-refractivity contribution in [3.8, 4) is 0 Å². The molecule has 2 rings (SSSR count). The fraction of sp³-hybridized carbons (Fsp3) is 0.308. The highest BCUT2D eigenvalue weighted by atomic mass is 32.1. The smallest absolute Gasteiger partial charge is 0.0992 e. The van der Waals surface area contributed by atoms with Crippen LogP contribution in [0, 0.1) is 0 Å². The van der Waals surface area contributed by atoms with E-state index in [-0.39, 0.29) is 12.1 Å². The number of hydrogen-bond donors (Lipinski definition) is 1. The van der Waals surface area contributed by atoms with E-state index in [1.165, 1.54) is 4.88 Å². The van der Waals surface area contributed by atoms with Gasteiger partial charge in [-0.2, -0.15) is 0 Å². The van der Waals surface area contributed by atoms with Gasteiger partial charge in [-0.05, 0) is 24.4 Å². The Bertz CT molecular complexity index is 428. The van der Waals surface area contributed by atoms with Gasteiger partial charge < -0.3 is 10.5 Å². The summed E-state index contributed by atoms with van der Waals surface area (Å²) in [5, 5.41) is 2.05. The fourth-order valence-corrected chi connectivity index (χ4v) is 2.29. The summed E-state index contributed by atoms with van der Waals surface area (Å²) in [7, 11) is 0. The summed E-state index contributed by atoms with van der Waals surface area (Å²) in [6.07, 6.45) is 3.45. The molecule has 0 aromatic carbocycles. The number of thiophene rings is 1. The number of pyridine rings is 1. The van der Waals surface area contributed by atoms with Crippen molar-refractivity contribution < 1.29 is 4.74 Å². The highest BCUT2D eigenvalue weighted by molar-refractivity contribution is 7.09. The molecule has 0 spiro atoms.